The van der Waals surface area contributed by atoms with E-state index in [9.17, 15) is 0 Å². The van der Waals surface area contributed by atoms with Gasteiger partial charge in [0.15, 0.2) is 22.2 Å². The molecule has 0 unspecified atom stereocenters. The molecule has 0 saturated heterocycles. The molecule has 3 aliphatic rings. The Balaban J connectivity index is 0.000000131. The highest BCUT2D eigenvalue weighted by Crippen LogP contribution is 2.59. The number of hydrogen-bond acceptors (Lipinski definition) is 12. The van der Waals surface area contributed by atoms with Crippen molar-refractivity contribution in [1.82, 2.24) is 52.7 Å². The summed E-state index contributed by atoms with van der Waals surface area (Å²) in [6.07, 6.45) is -1.67. The fourth-order valence-electron chi connectivity index (χ4n) is 22.0. The van der Waals surface area contributed by atoms with Gasteiger partial charge in [-0.3, -0.25) is 17.8 Å². The van der Waals surface area contributed by atoms with Gasteiger partial charge in [0.2, 0.25) is 5.78 Å². The van der Waals surface area contributed by atoms with Crippen molar-refractivity contribution in [1.29, 1.82) is 0 Å². The highest BCUT2D eigenvalue weighted by molar-refractivity contribution is 7.99. The van der Waals surface area contributed by atoms with Crippen LogP contribution in [0, 0.1) is 54.8 Å². The lowest BCUT2D eigenvalue weighted by molar-refractivity contribution is 0.419. The lowest BCUT2D eigenvalue weighted by atomic mass is 9.73. The molecule has 726 valence electrons. The van der Waals surface area contributed by atoms with Crippen LogP contribution in [-0.2, 0) is 34.4 Å². The smallest absolute Gasteiger partial charge is 0.307 e. The summed E-state index contributed by atoms with van der Waals surface area (Å²) in [5.74, 6) is 2.38. The first-order valence-electron chi connectivity index (χ1n) is 62.8. The van der Waals surface area contributed by atoms with E-state index in [1.165, 1.54) is 89.7 Å². The zero-order chi connectivity index (χ0) is 125. The first-order valence-corrected chi connectivity index (χ1v) is 50.4. The van der Waals surface area contributed by atoms with Crippen LogP contribution >= 0.6 is 23.1 Å². The van der Waals surface area contributed by atoms with E-state index in [0.717, 1.165) is 83.7 Å². The van der Waals surface area contributed by atoms with Crippen LogP contribution < -0.4 is 9.47 Å². The molecule has 0 aliphatic carbocycles. The summed E-state index contributed by atoms with van der Waals surface area (Å²) in [5, 5.41) is 0. The molecule has 8 aromatic heterocycles. The van der Waals surface area contributed by atoms with E-state index in [1.807, 2.05) is 194 Å². The maximum Gasteiger partial charge on any atom is 0.307 e. The molecule has 11 heterocycles. The number of rotatable bonds is 11. The van der Waals surface area contributed by atoms with Crippen molar-refractivity contribution in [3.63, 3.8) is 0 Å². The molecule has 14 nitrogen and oxygen atoms in total. The SMILES string of the molecule is [2H]C([2H])([2H])c1ccc(-c2c(C(C)(C)C)ccc3c2Sc2ccccc2C3(C)C)cc1-c1cc(-n2c3ccccc3n3c4ccccc4nc23)ccc1C([2H])([2H])[2H].[2H]C([2H])([2H])c1ccc(-c2c(C([2H])([2H])[2H])ccc3c2Oc2ccccc2C3(C)C)cc1-c1nc(-c2c(C([2H])([2H])C)ccc3c2oc2nc4ccccc4n23)ncc1C([2H])([2H])[2H].[2H]C([2H])([2H])c1ccc(-c2c(C([2H])([2H])[2H])ccc3c2Oc2ccccc2C3(C)C)cc1-c1nc(-c2c(C([2H])([2H])C)ccc3c2sc2nc4ccccc4n23)ncc1C([2H])([2H])[2H]. The fourth-order valence-corrected chi connectivity index (χ4v) is 24.7. The lowest BCUT2D eigenvalue weighted by Gasteiger charge is -2.37. The lowest BCUT2D eigenvalue weighted by Crippen LogP contribution is -2.25. The maximum atomic E-state index is 8.86. The summed E-state index contributed by atoms with van der Waals surface area (Å²) in [4.78, 5) is 36.2. The van der Waals surface area contributed by atoms with Gasteiger partial charge in [0.1, 0.15) is 23.0 Å². The topological polar surface area (TPSA) is 140 Å². The van der Waals surface area contributed by atoms with Crippen LogP contribution in [0.2, 0.25) is 0 Å². The number of oxazole rings is 1. The number of benzene rings is 16. The Kier molecular flexibility index (Phi) is 15.8. The van der Waals surface area contributed by atoms with E-state index >= 15 is 0 Å². The number of aryl methyl sites for hydroxylation is 10. The van der Waals surface area contributed by atoms with E-state index in [2.05, 4.69) is 90.4 Å². The van der Waals surface area contributed by atoms with Crippen molar-refractivity contribution in [3.8, 4) is 118 Å². The van der Waals surface area contributed by atoms with Gasteiger partial charge in [0.05, 0.1) is 76.8 Å². The molecule has 16 heteroatoms. The average molecular weight is 1990 g/mol. The van der Waals surface area contributed by atoms with Gasteiger partial charge in [-0.1, -0.05) is 293 Å². The largest absolute Gasteiger partial charge is 0.456 e. The molecular formula is C132H113N11O3S2. The van der Waals surface area contributed by atoms with Crippen LogP contribution in [0.3, 0.4) is 0 Å². The van der Waals surface area contributed by atoms with Crippen molar-refractivity contribution < 1.29 is 52.3 Å². The van der Waals surface area contributed by atoms with Gasteiger partial charge in [-0.05, 0) is 288 Å². The Morgan fingerprint density at radius 3 is 1.39 bits per heavy atom. The van der Waals surface area contributed by atoms with Crippen LogP contribution in [0.1, 0.15) is 209 Å². The summed E-state index contributed by atoms with van der Waals surface area (Å²) >= 11 is 3.05. The van der Waals surface area contributed by atoms with Crippen LogP contribution in [0.15, 0.2) is 330 Å². The van der Waals surface area contributed by atoms with Crippen molar-refractivity contribution >= 4 is 105 Å². The molecule has 24 aromatic rings. The van der Waals surface area contributed by atoms with Gasteiger partial charge in [0, 0.05) is 133 Å². The Bertz CT molecular complexity index is 10500. The third-order valence-corrected chi connectivity index (χ3v) is 31.8. The molecule has 0 saturated carbocycles. The van der Waals surface area contributed by atoms with Gasteiger partial charge in [0.25, 0.3) is 0 Å². The van der Waals surface area contributed by atoms with E-state index in [-0.39, 0.29) is 151 Å². The van der Waals surface area contributed by atoms with Gasteiger partial charge < -0.3 is 13.9 Å². The third kappa shape index (κ3) is 14.8. The second-order valence-corrected chi connectivity index (χ2v) is 42.3. The highest BCUT2D eigenvalue weighted by atomic mass is 32.2. The number of ether oxygens (including phenoxy) is 2. The van der Waals surface area contributed by atoms with Crippen molar-refractivity contribution in [2.75, 3.05) is 0 Å². The standard InChI is InChI=1S/C46H41N3S.C43H36N4O2.C43H36N4OS/c1-28-20-22-30(42-35(45(3,4)5)24-25-36-43(42)50-41-19-13-8-14-34(41)46(36,6)7)26-32(28)33-27-31(23-21-29(33)2)48-39-17-11-12-18-40(39)49-38-16-10-9-15-37(38)47-44(48)49;2*1-7-27-19-21-34-40(49-42-45-32-13-9-10-14-33(32)47(34)42)37(27)41-44-23-26(4)38(46-41)29-22-28(18-16-24(29)2)36-25(3)17-20-31-39(36)48-35-15-11-8-12-30(35)43(31,5)6/h8-27H,1-7H3;2*8-23H,7H2,1-6H3/i1D3,2D3;2*2D3,3D3,4D3,7D2. The number of imidazole rings is 4. The monoisotopic (exact) mass is 1990 g/mol. The Labute approximate surface area is 909 Å². The molecule has 0 amide bonds. The minimum atomic E-state index is -2.86. The van der Waals surface area contributed by atoms with Crippen LogP contribution in [0.25, 0.3) is 178 Å². The predicted molar refractivity (Wildman–Crippen MR) is 610 cm³/mol. The molecule has 0 fully saturated rings. The Morgan fingerprint density at radius 1 is 0.358 bits per heavy atom. The van der Waals surface area contributed by atoms with Crippen LogP contribution in [0.5, 0.6) is 23.0 Å². The number of nitrogens with zero attached hydrogens (tertiary/aromatic N) is 11. The van der Waals surface area contributed by atoms with Crippen LogP contribution in [-0.4, -0.2) is 52.7 Å². The number of thiazole rings is 1. The molecule has 0 spiro atoms. The Morgan fingerprint density at radius 2 is 0.811 bits per heavy atom. The van der Waals surface area contributed by atoms with Gasteiger partial charge >= 0.3 is 5.84 Å². The van der Waals surface area contributed by atoms with E-state index in [0.29, 0.717) is 77.0 Å². The second-order valence-electron chi connectivity index (χ2n) is 40.3. The van der Waals surface area contributed by atoms with Gasteiger partial charge in [-0.25, -0.2) is 29.9 Å². The minimum Gasteiger partial charge on any atom is -0.456 e. The molecule has 16 aromatic carbocycles. The van der Waals surface area contributed by atoms with Crippen molar-refractivity contribution in [2.45, 2.75) is 175 Å². The molecule has 0 radical (unpaired) electrons. The molecule has 0 bridgehead atoms. The van der Waals surface area contributed by atoms with Crippen LogP contribution in [0.4, 0.5) is 0 Å². The molecule has 148 heavy (non-hydrogen) atoms. The molecule has 3 aliphatic heterocycles. The van der Waals surface area contributed by atoms with Crippen molar-refractivity contribution in [2.24, 2.45) is 0 Å². The normalized spacial score (nSPS) is 17.3. The molecule has 0 N–H and O–H groups in total. The molecule has 27 rings (SSSR count). The zero-order valence-corrected chi connectivity index (χ0v) is 84.1. The summed E-state index contributed by atoms with van der Waals surface area (Å²) in [6.45, 7) is 0.297. The third-order valence-electron chi connectivity index (χ3n) is 29.5. The number of fused-ring (bicyclic) bond motifs is 21. The van der Waals surface area contributed by atoms with E-state index in [4.69, 9.17) is 72.2 Å². The molecule has 0 atom stereocenters. The summed E-state index contributed by atoms with van der Waals surface area (Å²) < 4.78 is 270. The summed E-state index contributed by atoms with van der Waals surface area (Å²) in [5.41, 5.74) is 16.3. The number of hydrogen-bond donors (Lipinski definition) is 0. The fraction of sp³-hybridized carbons (Fsp3) is 0.189. The Hall–Kier alpha value is -16.1. The van der Waals surface area contributed by atoms with E-state index in [1.54, 1.807) is 76.8 Å². The zero-order valence-electron chi connectivity index (χ0n) is 110. The summed E-state index contributed by atoms with van der Waals surface area (Å²) in [7, 11) is 0. The second kappa shape index (κ2) is 35.1. The quantitative estimate of drug-likeness (QED) is 0.122. The predicted octanol–water partition coefficient (Wildman–Crippen LogP) is 34.8. The van der Waals surface area contributed by atoms with Gasteiger partial charge in [-0.2, -0.15) is 4.98 Å². The minimum absolute atomic E-state index is 0.0259. The number of para-hydroxylation sites is 10. The first kappa shape index (κ1) is 66.8. The highest BCUT2D eigenvalue weighted by Gasteiger charge is 2.41. The van der Waals surface area contributed by atoms with Gasteiger partial charge in [-0.15, -0.1) is 0 Å². The van der Waals surface area contributed by atoms with Crippen molar-refractivity contribution in [3.05, 3.63) is 410 Å². The molecular weight excluding hydrogens is 1850 g/mol. The number of aromatic nitrogens is 11. The van der Waals surface area contributed by atoms with E-state index < -0.39 is 78.4 Å². The maximum absolute atomic E-state index is 8.86. The summed E-state index contributed by atoms with van der Waals surface area (Å²) in [6, 6.07) is 91.6. The average Bonchev–Trinajstić information content (AvgIpc) is 0.863. The first-order chi connectivity index (χ1) is 82.5.